The van der Waals surface area contributed by atoms with Crippen molar-refractivity contribution in [2.45, 2.75) is 47.5 Å². The minimum Gasteiger partial charge on any atom is -0.481 e. The number of nitrogens with zero attached hydrogens (tertiary/aromatic N) is 2. The standard InChI is InChI=1S/C29H24BrClF2N2O5/c1-39-24-22-18(13-19(31)34-24)40-29(16-7-9-17(30)10-8-16)21(15-5-3-2-4-6-15)20(23(36)28(22,29)38)25(37)35-12-11-26(35)14-27(26,32)33/h2-10,13,20-21,23,36,38H,11-12,14H2,1H3/t20-,21-,23-,26?,28+,29+/m1/s1. The molecule has 2 aliphatic carbocycles. The van der Waals surface area contributed by atoms with Crippen molar-refractivity contribution in [3.8, 4) is 11.6 Å². The molecule has 3 heterocycles. The fourth-order valence-corrected chi connectivity index (χ4v) is 7.71. The van der Waals surface area contributed by atoms with E-state index in [1.54, 1.807) is 54.6 Å². The minimum atomic E-state index is -2.99. The van der Waals surface area contributed by atoms with Crippen molar-refractivity contribution in [3.63, 3.8) is 0 Å². The van der Waals surface area contributed by atoms with Gasteiger partial charge < -0.3 is 24.6 Å². The summed E-state index contributed by atoms with van der Waals surface area (Å²) >= 11 is 9.71. The Balaban J connectivity index is 1.50. The van der Waals surface area contributed by atoms with E-state index in [9.17, 15) is 23.8 Å². The van der Waals surface area contributed by atoms with E-state index < -0.39 is 52.9 Å². The van der Waals surface area contributed by atoms with E-state index in [1.165, 1.54) is 18.1 Å². The molecule has 7 rings (SSSR count). The summed E-state index contributed by atoms with van der Waals surface area (Å²) in [6.07, 6.45) is -2.01. The molecular weight excluding hydrogens is 610 g/mol. The molecule has 0 bridgehead atoms. The fourth-order valence-electron chi connectivity index (χ4n) is 7.27. The Morgan fingerprint density at radius 2 is 1.88 bits per heavy atom. The van der Waals surface area contributed by atoms with Crippen LogP contribution in [0.15, 0.2) is 65.1 Å². The first-order chi connectivity index (χ1) is 19.0. The number of aromatic nitrogens is 1. The summed E-state index contributed by atoms with van der Waals surface area (Å²) in [6, 6.07) is 17.3. The van der Waals surface area contributed by atoms with Gasteiger partial charge in [-0.25, -0.2) is 13.8 Å². The van der Waals surface area contributed by atoms with Gasteiger partial charge in [0.2, 0.25) is 11.8 Å². The highest BCUT2D eigenvalue weighted by molar-refractivity contribution is 9.10. The first kappa shape index (κ1) is 26.1. The van der Waals surface area contributed by atoms with Gasteiger partial charge in [-0.15, -0.1) is 0 Å². The van der Waals surface area contributed by atoms with Gasteiger partial charge in [-0.2, -0.15) is 0 Å². The SMILES string of the molecule is COc1nc(Cl)cc2c1[C@]1(O)[C@H](O)[C@H](C(=O)N3CCC34CC4(F)F)[C@@H](c3ccccc3)[C@]1(c1ccc(Br)cc1)O2. The monoisotopic (exact) mass is 632 g/mol. The smallest absolute Gasteiger partial charge is 0.273 e. The Morgan fingerprint density at radius 3 is 2.45 bits per heavy atom. The number of rotatable bonds is 4. The maximum atomic E-state index is 14.5. The van der Waals surface area contributed by atoms with Gasteiger partial charge in [-0.05, 0) is 29.7 Å². The van der Waals surface area contributed by atoms with E-state index in [-0.39, 0.29) is 35.3 Å². The number of ether oxygens (including phenoxy) is 2. The molecule has 11 heteroatoms. The van der Waals surface area contributed by atoms with Gasteiger partial charge in [0.05, 0.1) is 18.6 Å². The molecule has 2 N–H and O–H groups in total. The quantitative estimate of drug-likeness (QED) is 0.403. The lowest BCUT2D eigenvalue weighted by Crippen LogP contribution is -2.60. The second-order valence-electron chi connectivity index (χ2n) is 11.0. The molecule has 6 atom stereocenters. The molecule has 1 aromatic heterocycles. The van der Waals surface area contributed by atoms with Gasteiger partial charge >= 0.3 is 0 Å². The largest absolute Gasteiger partial charge is 0.481 e. The number of aliphatic hydroxyl groups excluding tert-OH is 1. The number of alkyl halides is 2. The highest BCUT2D eigenvalue weighted by atomic mass is 79.9. The van der Waals surface area contributed by atoms with Crippen LogP contribution >= 0.6 is 27.5 Å². The van der Waals surface area contributed by atoms with Gasteiger partial charge in [-0.3, -0.25) is 4.79 Å². The van der Waals surface area contributed by atoms with Gasteiger partial charge in [0, 0.05) is 29.4 Å². The summed E-state index contributed by atoms with van der Waals surface area (Å²) in [5.41, 5.74) is -4.50. The highest BCUT2D eigenvalue weighted by Gasteiger charge is 2.82. The van der Waals surface area contributed by atoms with E-state index in [0.717, 1.165) is 4.47 Å². The molecule has 1 unspecified atom stereocenters. The summed E-state index contributed by atoms with van der Waals surface area (Å²) in [6.45, 7) is 0.140. The lowest BCUT2D eigenvalue weighted by Gasteiger charge is -2.45. The number of hydrogen-bond donors (Lipinski definition) is 2. The maximum Gasteiger partial charge on any atom is 0.273 e. The van der Waals surface area contributed by atoms with Crippen LogP contribution in [-0.2, 0) is 16.0 Å². The van der Waals surface area contributed by atoms with Crippen LogP contribution in [0.4, 0.5) is 8.78 Å². The Labute approximate surface area is 241 Å². The van der Waals surface area contributed by atoms with E-state index in [1.807, 2.05) is 0 Å². The minimum absolute atomic E-state index is 0.0427. The summed E-state index contributed by atoms with van der Waals surface area (Å²) < 4.78 is 41.9. The third-order valence-corrected chi connectivity index (χ3v) is 9.94. The van der Waals surface area contributed by atoms with E-state index in [2.05, 4.69) is 20.9 Å². The number of pyridine rings is 1. The summed E-state index contributed by atoms with van der Waals surface area (Å²) in [5.74, 6) is -5.91. The number of likely N-dealkylation sites (tertiary alicyclic amines) is 1. The van der Waals surface area contributed by atoms with E-state index >= 15 is 0 Å². The number of fused-ring (bicyclic) bond motifs is 3. The predicted octanol–water partition coefficient (Wildman–Crippen LogP) is 4.77. The zero-order chi connectivity index (χ0) is 28.2. The average molecular weight is 634 g/mol. The van der Waals surface area contributed by atoms with Gasteiger partial charge in [0.15, 0.2) is 11.2 Å². The number of amides is 1. The topological polar surface area (TPSA) is 92.1 Å². The number of hydrogen-bond acceptors (Lipinski definition) is 6. The summed E-state index contributed by atoms with van der Waals surface area (Å²) in [4.78, 5) is 19.7. The molecule has 7 nitrogen and oxygen atoms in total. The van der Waals surface area contributed by atoms with Crippen molar-refractivity contribution < 1.29 is 33.3 Å². The van der Waals surface area contributed by atoms with Crippen molar-refractivity contribution in [1.82, 2.24) is 9.88 Å². The third-order valence-electron chi connectivity index (χ3n) is 9.21. The van der Waals surface area contributed by atoms with Crippen LogP contribution in [0.25, 0.3) is 0 Å². The Bertz CT molecular complexity index is 1550. The molecule has 3 aromatic rings. The molecule has 1 amide bonds. The lowest BCUT2D eigenvalue weighted by atomic mass is 9.70. The number of halogens is 4. The van der Waals surface area contributed by atoms with E-state index in [0.29, 0.717) is 11.1 Å². The van der Waals surface area contributed by atoms with Crippen LogP contribution in [0.2, 0.25) is 5.15 Å². The second kappa shape index (κ2) is 8.38. The first-order valence-corrected chi connectivity index (χ1v) is 14.0. The fraction of sp³-hybridized carbons (Fsp3) is 0.379. The van der Waals surface area contributed by atoms with Crippen LogP contribution in [0.1, 0.15) is 35.4 Å². The molecule has 1 saturated heterocycles. The maximum absolute atomic E-state index is 14.5. The van der Waals surface area contributed by atoms with Gasteiger partial charge in [0.25, 0.3) is 5.92 Å². The Kier molecular flexibility index (Phi) is 5.47. The molecule has 1 spiro atoms. The number of carbonyl (C=O) groups is 1. The van der Waals surface area contributed by atoms with Crippen molar-refractivity contribution >= 4 is 33.4 Å². The zero-order valence-corrected chi connectivity index (χ0v) is 23.5. The van der Waals surface area contributed by atoms with Crippen LogP contribution < -0.4 is 9.47 Å². The van der Waals surface area contributed by atoms with Crippen molar-refractivity contribution in [2.75, 3.05) is 13.7 Å². The lowest BCUT2D eigenvalue weighted by molar-refractivity contribution is -0.163. The summed E-state index contributed by atoms with van der Waals surface area (Å²) in [5, 5.41) is 25.0. The molecular formula is C29H24BrClF2N2O5. The number of carbonyl (C=O) groups excluding carboxylic acids is 1. The van der Waals surface area contributed by atoms with E-state index in [4.69, 9.17) is 21.1 Å². The van der Waals surface area contributed by atoms with Crippen LogP contribution in [0, 0.1) is 5.92 Å². The molecule has 208 valence electrons. The number of methoxy groups -OCH3 is 1. The molecule has 3 fully saturated rings. The van der Waals surface area contributed by atoms with Crippen molar-refractivity contribution in [3.05, 3.63) is 87.0 Å². The normalized spacial score (nSPS) is 34.6. The molecule has 4 aliphatic rings. The Morgan fingerprint density at radius 1 is 1.20 bits per heavy atom. The van der Waals surface area contributed by atoms with Crippen molar-refractivity contribution in [2.24, 2.45) is 5.92 Å². The molecule has 2 saturated carbocycles. The van der Waals surface area contributed by atoms with Crippen LogP contribution in [0.5, 0.6) is 11.6 Å². The average Bonchev–Trinajstić information content (AvgIpc) is 3.36. The first-order valence-electron chi connectivity index (χ1n) is 12.9. The van der Waals surface area contributed by atoms with Crippen LogP contribution in [0.3, 0.4) is 0 Å². The number of aliphatic hydroxyl groups is 2. The van der Waals surface area contributed by atoms with Crippen LogP contribution in [-0.4, -0.2) is 57.2 Å². The summed E-state index contributed by atoms with van der Waals surface area (Å²) in [7, 11) is 1.35. The Hall–Kier alpha value is -2.79. The van der Waals surface area contributed by atoms with Crippen molar-refractivity contribution in [1.29, 1.82) is 0 Å². The zero-order valence-electron chi connectivity index (χ0n) is 21.2. The third kappa shape index (κ3) is 3.05. The highest BCUT2D eigenvalue weighted by Crippen LogP contribution is 2.71. The second-order valence-corrected chi connectivity index (χ2v) is 12.3. The molecule has 0 radical (unpaired) electrons. The van der Waals surface area contributed by atoms with Gasteiger partial charge in [0.1, 0.15) is 22.5 Å². The number of benzene rings is 2. The molecule has 40 heavy (non-hydrogen) atoms. The molecule has 2 aromatic carbocycles. The predicted molar refractivity (Wildman–Crippen MR) is 143 cm³/mol. The van der Waals surface area contributed by atoms with Gasteiger partial charge in [-0.1, -0.05) is 70.0 Å². The molecule has 2 aliphatic heterocycles.